The number of rotatable bonds is 10. The first-order valence-corrected chi connectivity index (χ1v) is 21.6. The molecule has 0 saturated heterocycles. The number of hydrogen-bond donors (Lipinski definition) is 0. The van der Waals surface area contributed by atoms with Crippen LogP contribution in [-0.2, 0) is 17.1 Å². The molecule has 4 nitrogen and oxygen atoms in total. The SMILES string of the molecule is [Cu+].c1ccc(-c2n[cH-]c(-c3ccccn3)n2)cc1.c1ccc([PH+](c2ccccc2)c2ccccc2Oc2ccccc2[PH+](c2ccccc2)c2ccccc2)cc1. The number of hydrogen-bond acceptors (Lipinski definition) is 4. The number of ether oxygens (including phenoxy) is 1. The Morgan fingerprint density at radius 2 is 0.789 bits per heavy atom. The summed E-state index contributed by atoms with van der Waals surface area (Å²) in [6, 6.07) is 76.3. The standard InChI is InChI=1S/C36H28OP2.C14H10N3.Cu/c1-5-17-29(18-6-1)38(30-19-7-2-8-20-30)35-27-15-13-25-33(35)37-34-26-14-16-28-36(34)39(31-21-9-3-10-22-31)32-23-11-4-12-24-32;1-2-6-11(7-3-1)14-16-10-13(17-14)12-8-4-5-9-15-12;/h1-28H;1-10H;/q;-1;+1/p+2. The van der Waals surface area contributed by atoms with Crippen LogP contribution in [0.2, 0.25) is 0 Å². The summed E-state index contributed by atoms with van der Waals surface area (Å²) in [5, 5.41) is 7.88. The smallest absolute Gasteiger partial charge is 0.449 e. The fourth-order valence-electron chi connectivity index (χ4n) is 6.68. The van der Waals surface area contributed by atoms with Gasteiger partial charge in [0.05, 0.1) is 5.82 Å². The molecule has 0 aliphatic heterocycles. The molecule has 0 atom stereocenters. The molecular formula is C50H40CuN3OP2+2. The van der Waals surface area contributed by atoms with Crippen LogP contribution in [0.15, 0.2) is 231 Å². The van der Waals surface area contributed by atoms with Crippen molar-refractivity contribution in [2.45, 2.75) is 0 Å². The van der Waals surface area contributed by atoms with Crippen molar-refractivity contribution in [3.8, 4) is 34.3 Å². The van der Waals surface area contributed by atoms with Gasteiger partial charge in [-0.15, -0.1) is 0 Å². The first-order valence-electron chi connectivity index (χ1n) is 18.6. The first-order chi connectivity index (χ1) is 27.8. The number of imidazole rings is 1. The quantitative estimate of drug-likeness (QED) is 0.0784. The van der Waals surface area contributed by atoms with E-state index in [1.165, 1.54) is 31.8 Å². The minimum absolute atomic E-state index is 0. The Morgan fingerprint density at radius 3 is 1.21 bits per heavy atom. The van der Waals surface area contributed by atoms with Crippen LogP contribution in [0, 0.1) is 0 Å². The zero-order valence-corrected chi connectivity index (χ0v) is 33.9. The van der Waals surface area contributed by atoms with Gasteiger partial charge in [-0.1, -0.05) is 146 Å². The molecule has 0 unspecified atom stereocenters. The second-order valence-corrected chi connectivity index (χ2v) is 17.9. The van der Waals surface area contributed by atoms with E-state index >= 15 is 0 Å². The van der Waals surface area contributed by atoms with Crippen LogP contribution in [0.1, 0.15) is 0 Å². The summed E-state index contributed by atoms with van der Waals surface area (Å²) in [6.45, 7) is 0. The average molecular weight is 824 g/mol. The number of aromatic nitrogens is 3. The zero-order valence-electron chi connectivity index (χ0n) is 31.0. The molecule has 7 heteroatoms. The molecule has 2 heterocycles. The topological polar surface area (TPSA) is 47.9 Å². The Morgan fingerprint density at radius 1 is 0.404 bits per heavy atom. The number of pyridine rings is 1. The minimum atomic E-state index is -1.28. The van der Waals surface area contributed by atoms with E-state index in [0.717, 1.165) is 34.3 Å². The average Bonchev–Trinajstić information content (AvgIpc) is 3.78. The van der Waals surface area contributed by atoms with E-state index in [-0.39, 0.29) is 17.1 Å². The van der Waals surface area contributed by atoms with Gasteiger partial charge in [0.25, 0.3) is 0 Å². The zero-order chi connectivity index (χ0) is 37.8. The van der Waals surface area contributed by atoms with Crippen molar-refractivity contribution < 1.29 is 21.8 Å². The second kappa shape index (κ2) is 19.8. The van der Waals surface area contributed by atoms with E-state index in [0.29, 0.717) is 0 Å². The summed E-state index contributed by atoms with van der Waals surface area (Å²) in [7, 11) is -2.56. The molecule has 0 bridgehead atoms. The van der Waals surface area contributed by atoms with Gasteiger partial charge < -0.3 is 19.7 Å². The van der Waals surface area contributed by atoms with E-state index in [9.17, 15) is 0 Å². The molecule has 9 rings (SSSR count). The molecule has 0 aliphatic rings. The molecule has 0 amide bonds. The Balaban J connectivity index is 0.000000230. The van der Waals surface area contributed by atoms with Crippen molar-refractivity contribution >= 4 is 47.7 Å². The van der Waals surface area contributed by atoms with E-state index in [1.807, 2.05) is 48.5 Å². The van der Waals surface area contributed by atoms with Gasteiger partial charge in [0, 0.05) is 6.20 Å². The van der Waals surface area contributed by atoms with Gasteiger partial charge in [0.1, 0.15) is 47.7 Å². The van der Waals surface area contributed by atoms with Gasteiger partial charge >= 0.3 is 17.1 Å². The number of nitrogens with zero attached hydrogens (tertiary/aromatic N) is 3. The maximum Gasteiger partial charge on any atom is 1.00 e. The Bertz CT molecular complexity index is 2300. The van der Waals surface area contributed by atoms with Crippen molar-refractivity contribution in [2.75, 3.05) is 0 Å². The molecule has 0 fully saturated rings. The first kappa shape index (κ1) is 39.3. The van der Waals surface area contributed by atoms with E-state index in [2.05, 4.69) is 185 Å². The Labute approximate surface area is 347 Å². The molecule has 0 N–H and O–H groups in total. The van der Waals surface area contributed by atoms with Crippen LogP contribution < -0.4 is 36.6 Å². The third kappa shape index (κ3) is 9.73. The monoisotopic (exact) mass is 823 g/mol. The Kier molecular flexibility index (Phi) is 13.6. The molecule has 0 saturated carbocycles. The molecule has 0 spiro atoms. The van der Waals surface area contributed by atoms with E-state index in [1.54, 1.807) is 12.4 Å². The maximum absolute atomic E-state index is 6.94. The third-order valence-electron chi connectivity index (χ3n) is 9.28. The van der Waals surface area contributed by atoms with Gasteiger partial charge in [-0.3, -0.25) is 0 Å². The van der Waals surface area contributed by atoms with Crippen LogP contribution in [0.5, 0.6) is 11.5 Å². The second-order valence-electron chi connectivity index (χ2n) is 13.0. The van der Waals surface area contributed by atoms with Gasteiger partial charge in [0.2, 0.25) is 0 Å². The van der Waals surface area contributed by atoms with Crippen molar-refractivity contribution in [3.63, 3.8) is 0 Å². The molecule has 57 heavy (non-hydrogen) atoms. The van der Waals surface area contributed by atoms with Crippen molar-refractivity contribution in [3.05, 3.63) is 231 Å². The van der Waals surface area contributed by atoms with Crippen molar-refractivity contribution in [1.82, 2.24) is 15.0 Å². The summed E-state index contributed by atoms with van der Waals surface area (Å²) >= 11 is 0. The normalized spacial score (nSPS) is 10.6. The van der Waals surface area contributed by atoms with Gasteiger partial charge in [-0.05, 0) is 95.8 Å². The van der Waals surface area contributed by atoms with Crippen molar-refractivity contribution in [1.29, 1.82) is 0 Å². The molecule has 0 aliphatic carbocycles. The van der Waals surface area contributed by atoms with Crippen LogP contribution in [0.3, 0.4) is 0 Å². The van der Waals surface area contributed by atoms with E-state index < -0.39 is 15.8 Å². The summed E-state index contributed by atoms with van der Waals surface area (Å²) in [4.78, 5) is 13.0. The van der Waals surface area contributed by atoms with Crippen LogP contribution in [-0.4, -0.2) is 15.0 Å². The molecule has 7 aromatic carbocycles. The predicted molar refractivity (Wildman–Crippen MR) is 239 cm³/mol. The largest absolute Gasteiger partial charge is 1.00 e. The van der Waals surface area contributed by atoms with Gasteiger partial charge in [0.15, 0.2) is 11.5 Å². The third-order valence-corrected chi connectivity index (χ3v) is 14.8. The molecule has 0 radical (unpaired) electrons. The van der Waals surface area contributed by atoms with Crippen LogP contribution >= 0.6 is 15.8 Å². The molecular weight excluding hydrogens is 784 g/mol. The maximum atomic E-state index is 6.94. The van der Waals surface area contributed by atoms with Crippen LogP contribution in [0.25, 0.3) is 22.8 Å². The summed E-state index contributed by atoms with van der Waals surface area (Å²) < 4.78 is 6.94. The van der Waals surface area contributed by atoms with Gasteiger partial charge in [-0.2, -0.15) is 0 Å². The molecule has 2 aromatic heterocycles. The number of para-hydroxylation sites is 2. The van der Waals surface area contributed by atoms with Gasteiger partial charge in [-0.25, -0.2) is 0 Å². The van der Waals surface area contributed by atoms with Crippen molar-refractivity contribution in [2.24, 2.45) is 0 Å². The summed E-state index contributed by atoms with van der Waals surface area (Å²) in [5.41, 5.74) is 2.68. The van der Waals surface area contributed by atoms with Crippen LogP contribution in [0.4, 0.5) is 0 Å². The minimum Gasteiger partial charge on any atom is -0.449 e. The molecule has 9 aromatic rings. The number of benzene rings is 7. The fourth-order valence-corrected chi connectivity index (χ4v) is 12.0. The fraction of sp³-hybridized carbons (Fsp3) is 0. The summed E-state index contributed by atoms with van der Waals surface area (Å²) in [5.74, 6) is 2.59. The Hall–Kier alpha value is -5.92. The van der Waals surface area contributed by atoms with E-state index in [4.69, 9.17) is 4.74 Å². The molecule has 280 valence electrons. The predicted octanol–water partition coefficient (Wildman–Crippen LogP) is 9.38. The summed E-state index contributed by atoms with van der Waals surface area (Å²) in [6.07, 6.45) is 3.51.